The zero-order valence-electron chi connectivity index (χ0n) is 12.4. The van der Waals surface area contributed by atoms with Crippen molar-refractivity contribution in [2.75, 3.05) is 26.2 Å². The van der Waals surface area contributed by atoms with E-state index in [9.17, 15) is 8.42 Å². The predicted molar refractivity (Wildman–Crippen MR) is 88.8 cm³/mol. The highest BCUT2D eigenvalue weighted by Crippen LogP contribution is 2.16. The number of piperidine rings is 1. The van der Waals surface area contributed by atoms with E-state index in [1.807, 2.05) is 0 Å². The Kier molecular flexibility index (Phi) is 6.22. The van der Waals surface area contributed by atoms with Crippen molar-refractivity contribution < 1.29 is 8.42 Å². The molecular formula is C15H23BrN2O2S. The van der Waals surface area contributed by atoms with Crippen LogP contribution >= 0.6 is 15.9 Å². The minimum absolute atomic E-state index is 0.317. The average molecular weight is 375 g/mol. The smallest absolute Gasteiger partial charge is 0.240 e. The lowest BCUT2D eigenvalue weighted by Gasteiger charge is -2.30. The molecule has 0 aromatic heterocycles. The average Bonchev–Trinajstić information content (AvgIpc) is 2.44. The summed E-state index contributed by atoms with van der Waals surface area (Å²) >= 11 is 3.30. The number of benzene rings is 1. The van der Waals surface area contributed by atoms with Gasteiger partial charge < -0.3 is 4.90 Å². The first-order chi connectivity index (χ1) is 9.97. The third-order valence-electron chi connectivity index (χ3n) is 3.81. The van der Waals surface area contributed by atoms with Gasteiger partial charge in [0.2, 0.25) is 10.0 Å². The number of likely N-dealkylation sites (tertiary alicyclic amines) is 1. The van der Waals surface area contributed by atoms with Gasteiger partial charge in [0.1, 0.15) is 0 Å². The molecule has 0 unspecified atom stereocenters. The van der Waals surface area contributed by atoms with Crippen molar-refractivity contribution >= 4 is 26.0 Å². The Bertz CT molecular complexity index is 545. The van der Waals surface area contributed by atoms with Crippen molar-refractivity contribution in [3.05, 3.63) is 28.7 Å². The molecule has 1 aliphatic heterocycles. The number of rotatable bonds is 6. The molecule has 0 amide bonds. The molecule has 6 heteroatoms. The summed E-state index contributed by atoms with van der Waals surface area (Å²) in [4.78, 5) is 2.75. The number of hydrogen-bond donors (Lipinski definition) is 1. The van der Waals surface area contributed by atoms with E-state index in [0.717, 1.165) is 36.4 Å². The summed E-state index contributed by atoms with van der Waals surface area (Å²) in [5.74, 6) is 0.762. The quantitative estimate of drug-likeness (QED) is 0.778. The van der Waals surface area contributed by atoms with Crippen molar-refractivity contribution in [2.45, 2.75) is 31.1 Å². The number of nitrogens with one attached hydrogen (secondary N) is 1. The molecule has 1 heterocycles. The molecule has 118 valence electrons. The molecule has 21 heavy (non-hydrogen) atoms. The highest BCUT2D eigenvalue weighted by Gasteiger charge is 2.16. The van der Waals surface area contributed by atoms with Crippen LogP contribution in [0.15, 0.2) is 33.6 Å². The number of halogens is 1. The highest BCUT2D eigenvalue weighted by atomic mass is 79.9. The zero-order valence-corrected chi connectivity index (χ0v) is 14.8. The van der Waals surface area contributed by atoms with Crippen molar-refractivity contribution in [1.82, 2.24) is 9.62 Å². The SMILES string of the molecule is C[C@@H]1CCCN(CCCNS(=O)(=O)c2ccc(Br)cc2)C1. The van der Waals surface area contributed by atoms with Crippen molar-refractivity contribution in [2.24, 2.45) is 5.92 Å². The molecular weight excluding hydrogens is 352 g/mol. The molecule has 1 aromatic carbocycles. The second-order valence-electron chi connectivity index (χ2n) is 5.75. The van der Waals surface area contributed by atoms with Crippen LogP contribution in [0.1, 0.15) is 26.2 Å². The predicted octanol–water partition coefficient (Wildman–Crippen LogP) is 2.85. The zero-order chi connectivity index (χ0) is 15.3. The van der Waals surface area contributed by atoms with Crippen molar-refractivity contribution in [3.63, 3.8) is 0 Å². The van der Waals surface area contributed by atoms with Crippen LogP contribution in [0.4, 0.5) is 0 Å². The van der Waals surface area contributed by atoms with Crippen LogP contribution in [0.3, 0.4) is 0 Å². The first kappa shape index (κ1) is 16.9. The Morgan fingerprint density at radius 1 is 1.33 bits per heavy atom. The van der Waals surface area contributed by atoms with Gasteiger partial charge in [-0.05, 0) is 62.5 Å². The number of nitrogens with zero attached hydrogens (tertiary/aromatic N) is 1. The van der Waals surface area contributed by atoms with E-state index in [0.29, 0.717) is 11.4 Å². The monoisotopic (exact) mass is 374 g/mol. The minimum Gasteiger partial charge on any atom is -0.303 e. The van der Waals surface area contributed by atoms with Gasteiger partial charge in [-0.15, -0.1) is 0 Å². The van der Waals surface area contributed by atoms with Gasteiger partial charge in [-0.3, -0.25) is 0 Å². The van der Waals surface area contributed by atoms with E-state index < -0.39 is 10.0 Å². The first-order valence-electron chi connectivity index (χ1n) is 7.45. The lowest BCUT2D eigenvalue weighted by Crippen LogP contribution is -2.36. The summed E-state index contributed by atoms with van der Waals surface area (Å²) in [6.45, 7) is 6.02. The fraction of sp³-hybridized carbons (Fsp3) is 0.600. The Hall–Kier alpha value is -0.430. The Labute approximate surface area is 136 Å². The molecule has 0 saturated carbocycles. The second kappa shape index (κ2) is 7.72. The fourth-order valence-corrected chi connectivity index (χ4v) is 4.03. The van der Waals surface area contributed by atoms with Gasteiger partial charge in [-0.25, -0.2) is 13.1 Å². The maximum atomic E-state index is 12.1. The molecule has 1 atom stereocenters. The summed E-state index contributed by atoms with van der Waals surface area (Å²) in [5, 5.41) is 0. The van der Waals surface area contributed by atoms with E-state index in [2.05, 4.69) is 32.5 Å². The van der Waals surface area contributed by atoms with Crippen LogP contribution < -0.4 is 4.72 Å². The van der Waals surface area contributed by atoms with E-state index >= 15 is 0 Å². The van der Waals surface area contributed by atoms with Gasteiger partial charge >= 0.3 is 0 Å². The van der Waals surface area contributed by atoms with Gasteiger partial charge in [-0.1, -0.05) is 22.9 Å². The Morgan fingerprint density at radius 2 is 2.05 bits per heavy atom. The largest absolute Gasteiger partial charge is 0.303 e. The van der Waals surface area contributed by atoms with Crippen molar-refractivity contribution in [3.8, 4) is 0 Å². The van der Waals surface area contributed by atoms with Gasteiger partial charge in [0, 0.05) is 17.6 Å². The minimum atomic E-state index is -3.38. The third kappa shape index (κ3) is 5.36. The summed E-state index contributed by atoms with van der Waals surface area (Å²) < 4.78 is 27.8. The molecule has 0 radical (unpaired) electrons. The molecule has 1 fully saturated rings. The molecule has 1 aromatic rings. The van der Waals surface area contributed by atoms with Crippen LogP contribution in [-0.4, -0.2) is 39.5 Å². The van der Waals surface area contributed by atoms with Gasteiger partial charge in [0.25, 0.3) is 0 Å². The summed E-state index contributed by atoms with van der Waals surface area (Å²) in [6.07, 6.45) is 3.42. The third-order valence-corrected chi connectivity index (χ3v) is 5.81. The van der Waals surface area contributed by atoms with E-state index in [-0.39, 0.29) is 0 Å². The molecule has 2 rings (SSSR count). The fourth-order valence-electron chi connectivity index (χ4n) is 2.70. The van der Waals surface area contributed by atoms with Crippen LogP contribution in [0, 0.1) is 5.92 Å². The summed E-state index contributed by atoms with van der Waals surface area (Å²) in [7, 11) is -3.38. The van der Waals surface area contributed by atoms with E-state index in [1.54, 1.807) is 24.3 Å². The van der Waals surface area contributed by atoms with Crippen LogP contribution in [-0.2, 0) is 10.0 Å². The molecule has 0 bridgehead atoms. The lowest BCUT2D eigenvalue weighted by molar-refractivity contribution is 0.182. The summed E-state index contributed by atoms with van der Waals surface area (Å²) in [6, 6.07) is 6.70. The highest BCUT2D eigenvalue weighted by molar-refractivity contribution is 9.10. The lowest BCUT2D eigenvalue weighted by atomic mass is 10.0. The summed E-state index contributed by atoms with van der Waals surface area (Å²) in [5.41, 5.74) is 0. The Balaban J connectivity index is 1.76. The van der Waals surface area contributed by atoms with E-state index in [4.69, 9.17) is 0 Å². The van der Waals surface area contributed by atoms with Crippen LogP contribution in [0.25, 0.3) is 0 Å². The maximum Gasteiger partial charge on any atom is 0.240 e. The maximum absolute atomic E-state index is 12.1. The number of hydrogen-bond acceptors (Lipinski definition) is 3. The second-order valence-corrected chi connectivity index (χ2v) is 8.44. The standard InChI is InChI=1S/C15H23BrN2O2S/c1-13-4-2-10-18(12-13)11-3-9-17-21(19,20)15-7-5-14(16)6-8-15/h5-8,13,17H,2-4,9-12H2,1H3/t13-/m1/s1. The Morgan fingerprint density at radius 3 is 2.71 bits per heavy atom. The van der Waals surface area contributed by atoms with Crippen LogP contribution in [0.2, 0.25) is 0 Å². The molecule has 1 saturated heterocycles. The molecule has 1 aliphatic rings. The van der Waals surface area contributed by atoms with Crippen molar-refractivity contribution in [1.29, 1.82) is 0 Å². The topological polar surface area (TPSA) is 49.4 Å². The molecule has 0 spiro atoms. The normalized spacial score (nSPS) is 20.6. The first-order valence-corrected chi connectivity index (χ1v) is 9.72. The molecule has 4 nitrogen and oxygen atoms in total. The van der Waals surface area contributed by atoms with Crippen LogP contribution in [0.5, 0.6) is 0 Å². The molecule has 0 aliphatic carbocycles. The molecule has 1 N–H and O–H groups in total. The van der Waals surface area contributed by atoms with Gasteiger partial charge in [0.15, 0.2) is 0 Å². The van der Waals surface area contributed by atoms with Gasteiger partial charge in [0.05, 0.1) is 4.90 Å². The van der Waals surface area contributed by atoms with Gasteiger partial charge in [-0.2, -0.15) is 0 Å². The number of sulfonamides is 1. The van der Waals surface area contributed by atoms with E-state index in [1.165, 1.54) is 12.8 Å².